The molecule has 0 radical (unpaired) electrons. The van der Waals surface area contributed by atoms with Gasteiger partial charge in [-0.05, 0) is 39.8 Å². The summed E-state index contributed by atoms with van der Waals surface area (Å²) >= 11 is 0. The first-order valence-corrected chi connectivity index (χ1v) is 6.96. The summed E-state index contributed by atoms with van der Waals surface area (Å²) in [5, 5.41) is 4.11. The maximum Gasteiger partial charge on any atom is 0.501 e. The molecule has 2 aromatic rings. The highest BCUT2D eigenvalue weighted by atomic mass is 19.1. The van der Waals surface area contributed by atoms with Gasteiger partial charge in [0.25, 0.3) is 0 Å². The number of aromatic nitrogens is 2. The molecule has 1 aliphatic heterocycles. The van der Waals surface area contributed by atoms with Crippen molar-refractivity contribution in [2.24, 2.45) is 0 Å². The number of hydrogen-bond acceptors (Lipinski definition) is 3. The fourth-order valence-electron chi connectivity index (χ4n) is 2.22. The largest absolute Gasteiger partial charge is 0.501 e. The van der Waals surface area contributed by atoms with Gasteiger partial charge in [-0.15, -0.1) is 0 Å². The number of nitrogens with zero attached hydrogens (tertiary/aromatic N) is 2. The van der Waals surface area contributed by atoms with E-state index in [9.17, 15) is 4.39 Å². The van der Waals surface area contributed by atoms with E-state index < -0.39 is 24.3 Å². The van der Waals surface area contributed by atoms with Crippen molar-refractivity contribution in [1.29, 1.82) is 0 Å². The highest BCUT2D eigenvalue weighted by molar-refractivity contribution is 6.62. The van der Waals surface area contributed by atoms with Crippen LogP contribution in [-0.4, -0.2) is 28.1 Å². The quantitative estimate of drug-likeness (QED) is 0.796. The zero-order chi connectivity index (χ0) is 15.3. The van der Waals surface area contributed by atoms with Gasteiger partial charge in [-0.2, -0.15) is 9.49 Å². The van der Waals surface area contributed by atoms with E-state index in [1.807, 2.05) is 45.9 Å². The molecule has 110 valence electrons. The molecule has 0 atom stereocenters. The minimum Gasteiger partial charge on any atom is -0.399 e. The minimum absolute atomic E-state index is 0.317. The minimum atomic E-state index is -0.743. The van der Waals surface area contributed by atoms with Crippen LogP contribution in [0.2, 0.25) is 0 Å². The van der Waals surface area contributed by atoms with Crippen LogP contribution in [0, 0.1) is 5.95 Å². The Morgan fingerprint density at radius 2 is 1.62 bits per heavy atom. The molecular weight excluding hydrogens is 270 g/mol. The lowest BCUT2D eigenvalue weighted by atomic mass is 9.81. The van der Waals surface area contributed by atoms with Gasteiger partial charge < -0.3 is 9.31 Å². The van der Waals surface area contributed by atoms with Crippen LogP contribution in [0.1, 0.15) is 27.7 Å². The summed E-state index contributed by atoms with van der Waals surface area (Å²) < 4.78 is 27.6. The van der Waals surface area contributed by atoms with Gasteiger partial charge >= 0.3 is 7.12 Å². The number of halogens is 1. The maximum atomic E-state index is 14.6. The van der Waals surface area contributed by atoms with E-state index in [2.05, 4.69) is 5.10 Å². The van der Waals surface area contributed by atoms with Gasteiger partial charge in [0.2, 0.25) is 5.95 Å². The van der Waals surface area contributed by atoms with Crippen LogP contribution in [0.25, 0.3) is 5.69 Å². The average molecular weight is 288 g/mol. The molecule has 1 aromatic heterocycles. The van der Waals surface area contributed by atoms with Gasteiger partial charge in [0.1, 0.15) is 0 Å². The van der Waals surface area contributed by atoms with Crippen LogP contribution in [0.3, 0.4) is 0 Å². The van der Waals surface area contributed by atoms with Crippen molar-refractivity contribution in [3.05, 3.63) is 42.5 Å². The van der Waals surface area contributed by atoms with Crippen molar-refractivity contribution in [1.82, 2.24) is 9.78 Å². The molecule has 0 unspecified atom stereocenters. The second-order valence-corrected chi connectivity index (χ2v) is 6.23. The smallest absolute Gasteiger partial charge is 0.399 e. The van der Waals surface area contributed by atoms with Gasteiger partial charge in [-0.3, -0.25) is 0 Å². The van der Waals surface area contributed by atoms with Gasteiger partial charge in [0.05, 0.1) is 28.5 Å². The Hall–Kier alpha value is -1.66. The number of hydrogen-bond donors (Lipinski definition) is 0. The van der Waals surface area contributed by atoms with E-state index in [0.717, 1.165) is 0 Å². The molecule has 1 aliphatic rings. The van der Waals surface area contributed by atoms with Crippen molar-refractivity contribution in [2.45, 2.75) is 38.9 Å². The van der Waals surface area contributed by atoms with Gasteiger partial charge in [-0.1, -0.05) is 18.2 Å². The molecule has 0 N–H and O–H groups in total. The summed E-state index contributed by atoms with van der Waals surface area (Å²) in [6.45, 7) is 7.75. The van der Waals surface area contributed by atoms with Crippen LogP contribution in [0.5, 0.6) is 0 Å². The Labute approximate surface area is 124 Å². The zero-order valence-electron chi connectivity index (χ0n) is 12.6. The fraction of sp³-hybridized carbons (Fsp3) is 0.400. The second-order valence-electron chi connectivity index (χ2n) is 6.23. The summed E-state index contributed by atoms with van der Waals surface area (Å²) in [6, 6.07) is 9.14. The normalized spacial score (nSPS) is 20.0. The van der Waals surface area contributed by atoms with Crippen LogP contribution in [-0.2, 0) is 9.31 Å². The lowest BCUT2D eigenvalue weighted by molar-refractivity contribution is 0.00578. The molecule has 1 saturated heterocycles. The van der Waals surface area contributed by atoms with Crippen molar-refractivity contribution in [3.8, 4) is 5.69 Å². The van der Waals surface area contributed by atoms with E-state index in [4.69, 9.17) is 9.31 Å². The number of para-hydroxylation sites is 1. The van der Waals surface area contributed by atoms with Crippen molar-refractivity contribution in [3.63, 3.8) is 0 Å². The molecule has 0 aliphatic carbocycles. The summed E-state index contributed by atoms with van der Waals surface area (Å²) in [5.74, 6) is -0.459. The summed E-state index contributed by atoms with van der Waals surface area (Å²) in [6.07, 6.45) is 1.46. The molecule has 1 aromatic carbocycles. The SMILES string of the molecule is CC1(C)OB(c2cnn(-c3ccccc3)c2F)OC1(C)C. The zero-order valence-corrected chi connectivity index (χ0v) is 12.6. The van der Waals surface area contributed by atoms with Crippen LogP contribution in [0.4, 0.5) is 4.39 Å². The Balaban J connectivity index is 1.94. The maximum absolute atomic E-state index is 14.6. The third kappa shape index (κ3) is 2.28. The van der Waals surface area contributed by atoms with Crippen molar-refractivity contribution >= 4 is 12.6 Å². The standard InChI is InChI=1S/C15H18BFN2O2/c1-14(2)15(3,4)21-16(20-14)12-10-18-19(13(12)17)11-8-6-5-7-9-11/h5-10H,1-4H3. The molecule has 0 saturated carbocycles. The van der Waals surface area contributed by atoms with E-state index >= 15 is 0 Å². The van der Waals surface area contributed by atoms with Crippen molar-refractivity contribution in [2.75, 3.05) is 0 Å². The van der Waals surface area contributed by atoms with Gasteiger partial charge in [0, 0.05) is 0 Å². The van der Waals surface area contributed by atoms with E-state index in [1.165, 1.54) is 10.9 Å². The van der Waals surface area contributed by atoms with Gasteiger partial charge in [0.15, 0.2) is 0 Å². The first kappa shape index (κ1) is 14.3. The topological polar surface area (TPSA) is 36.3 Å². The molecule has 4 nitrogen and oxygen atoms in total. The molecule has 1 fully saturated rings. The lowest BCUT2D eigenvalue weighted by Gasteiger charge is -2.32. The molecule has 0 bridgehead atoms. The summed E-state index contributed by atoms with van der Waals surface area (Å²) in [7, 11) is -0.743. The molecule has 3 rings (SSSR count). The van der Waals surface area contributed by atoms with Crippen molar-refractivity contribution < 1.29 is 13.7 Å². The Kier molecular flexibility index (Phi) is 3.18. The number of benzene rings is 1. The summed E-state index contributed by atoms with van der Waals surface area (Å²) in [5.41, 5.74) is -0.0203. The van der Waals surface area contributed by atoms with Crippen LogP contribution >= 0.6 is 0 Å². The highest BCUT2D eigenvalue weighted by Gasteiger charge is 2.53. The van der Waals surface area contributed by atoms with E-state index in [0.29, 0.717) is 11.2 Å². The Morgan fingerprint density at radius 1 is 1.05 bits per heavy atom. The first-order valence-electron chi connectivity index (χ1n) is 6.96. The predicted molar refractivity (Wildman–Crippen MR) is 79.2 cm³/mol. The van der Waals surface area contributed by atoms with Crippen LogP contribution in [0.15, 0.2) is 36.5 Å². The van der Waals surface area contributed by atoms with Gasteiger partial charge in [-0.25, -0.2) is 4.68 Å². The third-order valence-electron chi connectivity index (χ3n) is 4.24. The predicted octanol–water partition coefficient (Wildman–Crippen LogP) is 2.31. The van der Waals surface area contributed by atoms with Crippen LogP contribution < -0.4 is 5.46 Å². The number of rotatable bonds is 2. The molecule has 0 amide bonds. The monoisotopic (exact) mass is 288 g/mol. The molecular formula is C15H18BFN2O2. The molecule has 2 heterocycles. The molecule has 6 heteroatoms. The highest BCUT2D eigenvalue weighted by Crippen LogP contribution is 2.36. The van der Waals surface area contributed by atoms with E-state index in [-0.39, 0.29) is 0 Å². The first-order chi connectivity index (χ1) is 9.82. The third-order valence-corrected chi connectivity index (χ3v) is 4.24. The molecule has 21 heavy (non-hydrogen) atoms. The fourth-order valence-corrected chi connectivity index (χ4v) is 2.22. The second kappa shape index (κ2) is 4.68. The van der Waals surface area contributed by atoms with E-state index in [1.54, 1.807) is 12.1 Å². The molecule has 0 spiro atoms. The Morgan fingerprint density at radius 3 is 2.19 bits per heavy atom. The lowest BCUT2D eigenvalue weighted by Crippen LogP contribution is -2.41. The Bertz CT molecular complexity index is 639. The summed E-state index contributed by atoms with van der Waals surface area (Å²) in [4.78, 5) is 0. The average Bonchev–Trinajstić information content (AvgIpc) is 2.89.